The summed E-state index contributed by atoms with van der Waals surface area (Å²) >= 11 is 0. The molecule has 0 radical (unpaired) electrons. The van der Waals surface area contributed by atoms with Crippen molar-refractivity contribution in [2.24, 2.45) is 23.3 Å². The molecule has 0 saturated carbocycles. The van der Waals surface area contributed by atoms with E-state index in [0.717, 1.165) is 0 Å². The molecule has 0 fully saturated rings. The highest BCUT2D eigenvalue weighted by Gasteiger charge is 2.27. The Kier molecular flexibility index (Phi) is 12.3. The van der Waals surface area contributed by atoms with E-state index in [4.69, 9.17) is 16.6 Å². The third kappa shape index (κ3) is 10.7. The van der Waals surface area contributed by atoms with Crippen LogP contribution in [-0.2, 0) is 24.0 Å². The van der Waals surface area contributed by atoms with Crippen molar-refractivity contribution in [3.05, 3.63) is 0 Å². The van der Waals surface area contributed by atoms with E-state index in [1.54, 1.807) is 0 Å². The van der Waals surface area contributed by atoms with Crippen LogP contribution in [0.3, 0.4) is 0 Å². The van der Waals surface area contributed by atoms with E-state index in [-0.39, 0.29) is 24.7 Å². The van der Waals surface area contributed by atoms with Gasteiger partial charge in [0.25, 0.3) is 0 Å². The van der Waals surface area contributed by atoms with Crippen LogP contribution in [0.1, 0.15) is 53.4 Å². The predicted molar refractivity (Wildman–Crippen MR) is 110 cm³/mol. The van der Waals surface area contributed by atoms with Gasteiger partial charge in [0.15, 0.2) is 0 Å². The van der Waals surface area contributed by atoms with E-state index in [1.807, 2.05) is 27.7 Å². The number of nitrogens with two attached hydrogens (primary N) is 2. The maximum absolute atomic E-state index is 12.5. The Labute approximate surface area is 176 Å². The fourth-order valence-corrected chi connectivity index (χ4v) is 2.56. The summed E-state index contributed by atoms with van der Waals surface area (Å²) in [6, 6.07) is -2.95. The molecule has 0 aromatic heterocycles. The highest BCUT2D eigenvalue weighted by atomic mass is 16.4. The largest absolute Gasteiger partial charge is 0.480 e. The number of carboxylic acids is 1. The van der Waals surface area contributed by atoms with Gasteiger partial charge in [0, 0.05) is 6.42 Å². The van der Waals surface area contributed by atoms with E-state index in [0.29, 0.717) is 12.8 Å². The van der Waals surface area contributed by atoms with E-state index in [1.165, 1.54) is 0 Å². The van der Waals surface area contributed by atoms with Crippen LogP contribution < -0.4 is 27.4 Å². The average Bonchev–Trinajstić information content (AvgIpc) is 2.66. The molecule has 0 aliphatic carbocycles. The number of hydrogen-bond donors (Lipinski definition) is 6. The fraction of sp³-hybridized carbons (Fsp3) is 0.737. The second-order valence-electron chi connectivity index (χ2n) is 7.78. The van der Waals surface area contributed by atoms with Crippen molar-refractivity contribution in [2.75, 3.05) is 6.54 Å². The highest BCUT2D eigenvalue weighted by Crippen LogP contribution is 2.09. The summed E-state index contributed by atoms with van der Waals surface area (Å²) in [6.07, 6.45) is 0.672. The van der Waals surface area contributed by atoms with Gasteiger partial charge in [-0.05, 0) is 24.7 Å². The van der Waals surface area contributed by atoms with E-state index in [2.05, 4.69) is 16.0 Å². The van der Waals surface area contributed by atoms with Crippen molar-refractivity contribution in [3.63, 3.8) is 0 Å². The summed E-state index contributed by atoms with van der Waals surface area (Å²) < 4.78 is 0. The Hall–Kier alpha value is -2.69. The van der Waals surface area contributed by atoms with Crippen molar-refractivity contribution in [1.29, 1.82) is 0 Å². The number of carbonyl (C=O) groups is 5. The lowest BCUT2D eigenvalue weighted by molar-refractivity contribution is -0.142. The molecule has 0 unspecified atom stereocenters. The zero-order chi connectivity index (χ0) is 23.4. The Bertz CT molecular complexity index is 625. The minimum atomic E-state index is -1.32. The van der Waals surface area contributed by atoms with Crippen LogP contribution >= 0.6 is 0 Å². The first-order valence-corrected chi connectivity index (χ1v) is 10.0. The van der Waals surface area contributed by atoms with Gasteiger partial charge in [-0.15, -0.1) is 0 Å². The van der Waals surface area contributed by atoms with Crippen LogP contribution in [0, 0.1) is 11.8 Å². The SMILES string of the molecule is CC[C@H](C)[C@H](N)C(=O)N[C@@H](CC(C)C)C(=O)NCC(=O)N[C@@H](CCC(N)=O)C(=O)O. The smallest absolute Gasteiger partial charge is 0.326 e. The first-order chi connectivity index (χ1) is 13.9. The summed E-state index contributed by atoms with van der Waals surface area (Å²) in [6.45, 7) is 7.01. The lowest BCUT2D eigenvalue weighted by atomic mass is 9.97. The molecule has 0 aromatic carbocycles. The van der Waals surface area contributed by atoms with Gasteiger partial charge in [-0.25, -0.2) is 4.79 Å². The fourth-order valence-electron chi connectivity index (χ4n) is 2.56. The third-order valence-corrected chi connectivity index (χ3v) is 4.64. The molecule has 0 aliphatic heterocycles. The van der Waals surface area contributed by atoms with Gasteiger partial charge < -0.3 is 32.5 Å². The number of aliphatic carboxylic acids is 1. The van der Waals surface area contributed by atoms with Gasteiger partial charge >= 0.3 is 5.97 Å². The first-order valence-electron chi connectivity index (χ1n) is 10.0. The van der Waals surface area contributed by atoms with Crippen molar-refractivity contribution >= 4 is 29.6 Å². The summed E-state index contributed by atoms with van der Waals surface area (Å²) in [7, 11) is 0. The minimum absolute atomic E-state index is 0.0631. The van der Waals surface area contributed by atoms with E-state index >= 15 is 0 Å². The second kappa shape index (κ2) is 13.5. The zero-order valence-electron chi connectivity index (χ0n) is 18.1. The highest BCUT2D eigenvalue weighted by molar-refractivity contribution is 5.92. The second-order valence-corrected chi connectivity index (χ2v) is 7.78. The lowest BCUT2D eigenvalue weighted by Crippen LogP contribution is -2.54. The number of carboxylic acid groups (broad SMARTS) is 1. The molecule has 8 N–H and O–H groups in total. The zero-order valence-corrected chi connectivity index (χ0v) is 18.1. The summed E-state index contributed by atoms with van der Waals surface area (Å²) in [5, 5.41) is 16.3. The van der Waals surface area contributed by atoms with Crippen molar-refractivity contribution < 1.29 is 29.1 Å². The number of hydrogen-bond acceptors (Lipinski definition) is 6. The molecule has 0 rings (SSSR count). The molecule has 0 spiro atoms. The monoisotopic (exact) mass is 429 g/mol. The van der Waals surface area contributed by atoms with Crippen LogP contribution in [0.5, 0.6) is 0 Å². The summed E-state index contributed by atoms with van der Waals surface area (Å²) in [5.41, 5.74) is 10.9. The first kappa shape index (κ1) is 27.3. The standard InChI is InChI=1S/C19H35N5O6/c1-5-11(4)16(21)18(28)24-13(8-10(2)3)17(27)22-9-15(26)23-12(19(29)30)6-7-14(20)25/h10-13,16H,5-9,21H2,1-4H3,(H2,20,25)(H,22,27)(H,23,26)(H,24,28)(H,29,30)/t11-,12-,13-,16-/m0/s1. The van der Waals surface area contributed by atoms with Crippen LogP contribution in [-0.4, -0.2) is 59.4 Å². The average molecular weight is 430 g/mol. The predicted octanol–water partition coefficient (Wildman–Crippen LogP) is -1.16. The number of amides is 4. The summed E-state index contributed by atoms with van der Waals surface area (Å²) in [4.78, 5) is 58.8. The van der Waals surface area contributed by atoms with Crippen molar-refractivity contribution in [3.8, 4) is 0 Å². The molecular formula is C19H35N5O6. The minimum Gasteiger partial charge on any atom is -0.480 e. The normalized spacial score (nSPS) is 14.9. The van der Waals surface area contributed by atoms with Crippen molar-refractivity contribution in [1.82, 2.24) is 16.0 Å². The van der Waals surface area contributed by atoms with Gasteiger partial charge in [-0.2, -0.15) is 0 Å². The van der Waals surface area contributed by atoms with Gasteiger partial charge in [0.2, 0.25) is 23.6 Å². The van der Waals surface area contributed by atoms with E-state index < -0.39 is 54.3 Å². The molecule has 30 heavy (non-hydrogen) atoms. The topological polar surface area (TPSA) is 194 Å². The quantitative estimate of drug-likeness (QED) is 0.200. The lowest BCUT2D eigenvalue weighted by Gasteiger charge is -2.24. The Morgan fingerprint density at radius 1 is 0.967 bits per heavy atom. The molecule has 0 aromatic rings. The van der Waals surface area contributed by atoms with Crippen molar-refractivity contribution in [2.45, 2.75) is 71.5 Å². The van der Waals surface area contributed by atoms with Gasteiger partial charge in [0.1, 0.15) is 12.1 Å². The third-order valence-electron chi connectivity index (χ3n) is 4.64. The Balaban J connectivity index is 4.87. The Morgan fingerprint density at radius 2 is 1.57 bits per heavy atom. The van der Waals surface area contributed by atoms with Gasteiger partial charge in [-0.1, -0.05) is 34.1 Å². The molecule has 11 heteroatoms. The number of carbonyl (C=O) groups excluding carboxylic acids is 4. The maximum Gasteiger partial charge on any atom is 0.326 e. The number of rotatable bonds is 14. The molecule has 0 heterocycles. The van der Waals surface area contributed by atoms with Crippen LogP contribution in [0.25, 0.3) is 0 Å². The van der Waals surface area contributed by atoms with Gasteiger partial charge in [0.05, 0.1) is 12.6 Å². The molecule has 172 valence electrons. The number of primary amides is 1. The van der Waals surface area contributed by atoms with Gasteiger partial charge in [-0.3, -0.25) is 19.2 Å². The molecule has 4 atom stereocenters. The Morgan fingerprint density at radius 3 is 2.03 bits per heavy atom. The molecular weight excluding hydrogens is 394 g/mol. The molecule has 4 amide bonds. The molecule has 0 bridgehead atoms. The van der Waals surface area contributed by atoms with Crippen LogP contribution in [0.4, 0.5) is 0 Å². The number of nitrogens with one attached hydrogen (secondary N) is 3. The van der Waals surface area contributed by atoms with E-state index in [9.17, 15) is 24.0 Å². The molecule has 0 aliphatic rings. The molecule has 0 saturated heterocycles. The maximum atomic E-state index is 12.5. The summed E-state index contributed by atoms with van der Waals surface area (Å²) in [5.74, 6) is -3.76. The van der Waals surface area contributed by atoms with Crippen LogP contribution in [0.2, 0.25) is 0 Å². The molecule has 11 nitrogen and oxygen atoms in total. The van der Waals surface area contributed by atoms with Crippen LogP contribution in [0.15, 0.2) is 0 Å².